The first-order chi connectivity index (χ1) is 15.6. The van der Waals surface area contributed by atoms with Crippen LogP contribution in [0.2, 0.25) is 0 Å². The number of hydrogen-bond acceptors (Lipinski definition) is 8. The number of carbonyl (C=O) groups is 5. The molecular weight excluding hydrogens is 470 g/mol. The van der Waals surface area contributed by atoms with Crippen molar-refractivity contribution >= 4 is 53.1 Å². The Bertz CT molecular complexity index is 710. The Morgan fingerprint density at radius 3 is 2.18 bits per heavy atom. The summed E-state index contributed by atoms with van der Waals surface area (Å²) in [5, 5.41) is 14.6. The van der Waals surface area contributed by atoms with Gasteiger partial charge in [-0.2, -0.15) is 23.5 Å². The average molecular weight is 506 g/mol. The third-order valence-electron chi connectivity index (χ3n) is 5.33. The number of thioether (sulfide) groups is 2. The van der Waals surface area contributed by atoms with Crippen LogP contribution < -0.4 is 22.1 Å². The van der Waals surface area contributed by atoms with Crippen LogP contribution in [-0.4, -0.2) is 94.3 Å². The second kappa shape index (κ2) is 15.0. The molecule has 13 heteroatoms. The molecule has 0 radical (unpaired) electrons. The van der Waals surface area contributed by atoms with Gasteiger partial charge in [0.2, 0.25) is 23.6 Å². The van der Waals surface area contributed by atoms with Gasteiger partial charge in [0, 0.05) is 13.0 Å². The van der Waals surface area contributed by atoms with E-state index in [2.05, 4.69) is 10.6 Å². The molecular formula is C20H35N5O6S2. The number of aliphatic carboxylic acids is 1. The summed E-state index contributed by atoms with van der Waals surface area (Å²) < 4.78 is 0. The summed E-state index contributed by atoms with van der Waals surface area (Å²) in [6.45, 7) is 0.346. The van der Waals surface area contributed by atoms with Crippen LogP contribution in [0, 0.1) is 0 Å². The number of nitrogens with two attached hydrogens (primary N) is 2. The molecule has 4 atom stereocenters. The van der Waals surface area contributed by atoms with Crippen LogP contribution in [0.25, 0.3) is 0 Å². The van der Waals surface area contributed by atoms with E-state index < -0.39 is 53.8 Å². The molecule has 7 N–H and O–H groups in total. The van der Waals surface area contributed by atoms with E-state index in [-0.39, 0.29) is 19.3 Å². The van der Waals surface area contributed by atoms with E-state index in [1.807, 2.05) is 12.5 Å². The van der Waals surface area contributed by atoms with Crippen molar-refractivity contribution in [1.29, 1.82) is 0 Å². The van der Waals surface area contributed by atoms with Crippen molar-refractivity contribution in [2.75, 3.05) is 30.6 Å². The Kier molecular flexibility index (Phi) is 13.2. The summed E-state index contributed by atoms with van der Waals surface area (Å²) >= 11 is 2.97. The minimum Gasteiger partial charge on any atom is -0.480 e. The van der Waals surface area contributed by atoms with Crippen molar-refractivity contribution in [2.45, 2.75) is 62.7 Å². The quantitative estimate of drug-likeness (QED) is 0.189. The van der Waals surface area contributed by atoms with E-state index in [4.69, 9.17) is 11.5 Å². The van der Waals surface area contributed by atoms with Crippen molar-refractivity contribution < 1.29 is 29.1 Å². The Morgan fingerprint density at radius 2 is 1.64 bits per heavy atom. The maximum Gasteiger partial charge on any atom is 0.326 e. The largest absolute Gasteiger partial charge is 0.480 e. The van der Waals surface area contributed by atoms with Gasteiger partial charge in [-0.3, -0.25) is 19.2 Å². The lowest BCUT2D eigenvalue weighted by Crippen LogP contribution is -2.56. The highest BCUT2D eigenvalue weighted by Gasteiger charge is 2.37. The number of primary amides is 1. The van der Waals surface area contributed by atoms with Gasteiger partial charge in [0.05, 0.1) is 6.04 Å². The number of carboxylic acids is 1. The second-order valence-electron chi connectivity index (χ2n) is 7.82. The van der Waals surface area contributed by atoms with E-state index in [1.165, 1.54) is 28.4 Å². The maximum absolute atomic E-state index is 13.0. The number of nitrogens with zero attached hydrogens (tertiary/aromatic N) is 1. The van der Waals surface area contributed by atoms with E-state index in [0.717, 1.165) is 0 Å². The predicted octanol–water partition coefficient (Wildman–Crippen LogP) is -0.869. The first-order valence-corrected chi connectivity index (χ1v) is 13.6. The maximum atomic E-state index is 13.0. The van der Waals surface area contributed by atoms with Crippen LogP contribution in [0.5, 0.6) is 0 Å². The van der Waals surface area contributed by atoms with Gasteiger partial charge in [0.15, 0.2) is 0 Å². The molecule has 4 unspecified atom stereocenters. The molecule has 0 saturated carbocycles. The molecule has 0 bridgehead atoms. The molecule has 1 fully saturated rings. The third kappa shape index (κ3) is 9.80. The highest BCUT2D eigenvalue weighted by molar-refractivity contribution is 7.98. The second-order valence-corrected chi connectivity index (χ2v) is 9.80. The Morgan fingerprint density at radius 1 is 1.03 bits per heavy atom. The summed E-state index contributed by atoms with van der Waals surface area (Å²) in [5.74, 6) is -2.05. The highest BCUT2D eigenvalue weighted by Crippen LogP contribution is 2.19. The molecule has 0 aromatic carbocycles. The summed E-state index contributed by atoms with van der Waals surface area (Å²) in [5.41, 5.74) is 11.0. The lowest BCUT2D eigenvalue weighted by Gasteiger charge is -2.28. The fourth-order valence-electron chi connectivity index (χ4n) is 3.48. The fourth-order valence-corrected chi connectivity index (χ4v) is 4.42. The molecule has 0 spiro atoms. The van der Waals surface area contributed by atoms with Crippen molar-refractivity contribution in [3.8, 4) is 0 Å². The molecule has 0 aromatic rings. The van der Waals surface area contributed by atoms with Crippen LogP contribution in [-0.2, 0) is 24.0 Å². The van der Waals surface area contributed by atoms with Crippen molar-refractivity contribution in [3.05, 3.63) is 0 Å². The topological polar surface area (TPSA) is 185 Å². The Balaban J connectivity index is 2.85. The standard InChI is InChI=1S/C20H35N5O6S2/c1-32-10-7-13(17(27)24-14(20(30)31)8-11-33-2)23-18(28)15-4-3-9-25(15)19(29)12(21)5-6-16(22)26/h12-15H,3-11,21H2,1-2H3,(H2,22,26)(H,23,28)(H,24,27)(H,30,31). The smallest absolute Gasteiger partial charge is 0.326 e. The lowest BCUT2D eigenvalue weighted by molar-refractivity contribution is -0.143. The zero-order valence-electron chi connectivity index (χ0n) is 19.1. The van der Waals surface area contributed by atoms with E-state index in [9.17, 15) is 29.1 Å². The highest BCUT2D eigenvalue weighted by atomic mass is 32.2. The zero-order valence-corrected chi connectivity index (χ0v) is 20.7. The van der Waals surface area contributed by atoms with Gasteiger partial charge in [0.1, 0.15) is 18.1 Å². The number of carboxylic acid groups (broad SMARTS) is 1. The molecule has 1 aliphatic heterocycles. The molecule has 1 rings (SSSR count). The number of nitrogens with one attached hydrogen (secondary N) is 2. The van der Waals surface area contributed by atoms with Gasteiger partial charge in [-0.25, -0.2) is 4.79 Å². The van der Waals surface area contributed by atoms with Crippen LogP contribution >= 0.6 is 23.5 Å². The normalized spacial score (nSPS) is 18.3. The summed E-state index contributed by atoms with van der Waals surface area (Å²) in [7, 11) is 0. The van der Waals surface area contributed by atoms with Crippen molar-refractivity contribution in [1.82, 2.24) is 15.5 Å². The van der Waals surface area contributed by atoms with Gasteiger partial charge in [-0.05, 0) is 56.1 Å². The average Bonchev–Trinajstić information content (AvgIpc) is 3.26. The first kappa shape index (κ1) is 29.0. The third-order valence-corrected chi connectivity index (χ3v) is 6.61. The molecule has 1 heterocycles. The molecule has 188 valence electrons. The number of hydrogen-bond donors (Lipinski definition) is 5. The van der Waals surface area contributed by atoms with Crippen LogP contribution in [0.1, 0.15) is 38.5 Å². The molecule has 33 heavy (non-hydrogen) atoms. The minimum atomic E-state index is -1.13. The van der Waals surface area contributed by atoms with Gasteiger partial charge in [-0.15, -0.1) is 0 Å². The fraction of sp³-hybridized carbons (Fsp3) is 0.750. The molecule has 0 aliphatic carbocycles. The van der Waals surface area contributed by atoms with E-state index >= 15 is 0 Å². The van der Waals surface area contributed by atoms with Gasteiger partial charge in [-0.1, -0.05) is 0 Å². The first-order valence-electron chi connectivity index (χ1n) is 10.8. The number of rotatable bonds is 15. The minimum absolute atomic E-state index is 0.0319. The number of likely N-dealkylation sites (tertiary alicyclic amines) is 1. The van der Waals surface area contributed by atoms with Crippen molar-refractivity contribution in [2.24, 2.45) is 11.5 Å². The molecule has 11 nitrogen and oxygen atoms in total. The van der Waals surface area contributed by atoms with Gasteiger partial charge < -0.3 is 32.1 Å². The van der Waals surface area contributed by atoms with E-state index in [0.29, 0.717) is 37.3 Å². The van der Waals surface area contributed by atoms with Crippen LogP contribution in [0.15, 0.2) is 0 Å². The van der Waals surface area contributed by atoms with Crippen LogP contribution in [0.3, 0.4) is 0 Å². The van der Waals surface area contributed by atoms with E-state index in [1.54, 1.807) is 0 Å². The predicted molar refractivity (Wildman–Crippen MR) is 129 cm³/mol. The molecule has 1 saturated heterocycles. The number of carbonyl (C=O) groups excluding carboxylic acids is 4. The van der Waals surface area contributed by atoms with Gasteiger partial charge in [0.25, 0.3) is 0 Å². The molecule has 1 aliphatic rings. The summed E-state index contributed by atoms with van der Waals surface area (Å²) in [6, 6.07) is -3.71. The number of amides is 4. The van der Waals surface area contributed by atoms with Crippen molar-refractivity contribution in [3.63, 3.8) is 0 Å². The lowest BCUT2D eigenvalue weighted by atomic mass is 10.1. The summed E-state index contributed by atoms with van der Waals surface area (Å²) in [6.07, 6.45) is 5.36. The molecule has 4 amide bonds. The summed E-state index contributed by atoms with van der Waals surface area (Å²) in [4.78, 5) is 62.3. The Hall–Kier alpha value is -1.99. The monoisotopic (exact) mass is 505 g/mol. The van der Waals surface area contributed by atoms with Crippen LogP contribution in [0.4, 0.5) is 0 Å². The molecule has 0 aromatic heterocycles. The Labute approximate surface area is 202 Å². The van der Waals surface area contributed by atoms with Gasteiger partial charge >= 0.3 is 5.97 Å². The zero-order chi connectivity index (χ0) is 25.0. The SMILES string of the molecule is CSCCC(NC(=O)C(CCSC)NC(=O)C1CCCN1C(=O)C(N)CCC(N)=O)C(=O)O.